The van der Waals surface area contributed by atoms with Crippen molar-refractivity contribution in [1.29, 1.82) is 0 Å². The molecule has 0 aliphatic heterocycles. The van der Waals surface area contributed by atoms with E-state index in [0.29, 0.717) is 6.61 Å². The summed E-state index contributed by atoms with van der Waals surface area (Å²) < 4.78 is 4.48. The molecule has 0 aromatic rings. The van der Waals surface area contributed by atoms with Gasteiger partial charge in [-0.05, 0) is 6.92 Å². The van der Waals surface area contributed by atoms with Gasteiger partial charge in [0.2, 0.25) is 0 Å². The summed E-state index contributed by atoms with van der Waals surface area (Å²) >= 11 is 0. The van der Waals surface area contributed by atoms with Crippen LogP contribution in [0.4, 0.5) is 0 Å². The van der Waals surface area contributed by atoms with Gasteiger partial charge >= 0.3 is 5.97 Å². The van der Waals surface area contributed by atoms with Crippen LogP contribution in [0.3, 0.4) is 0 Å². The highest BCUT2D eigenvalue weighted by Gasteiger charge is 1.92. The Morgan fingerprint density at radius 2 is 2.57 bits per heavy atom. The second-order valence-corrected chi connectivity index (χ2v) is 1.25. The number of rotatable bonds is 2. The van der Waals surface area contributed by atoms with E-state index in [1.165, 1.54) is 5.80 Å². The minimum Gasteiger partial charge on any atom is -0.460 e. The molecule has 1 unspecified atom stereocenters. The number of carbonyl (C=O) groups is 1. The Kier molecular flexibility index (Phi) is 3.62. The zero-order valence-corrected chi connectivity index (χ0v) is 5.33. The van der Waals surface area contributed by atoms with Gasteiger partial charge in [0.25, 0.3) is 0 Å². The molecule has 0 saturated heterocycles. The first-order valence-corrected chi connectivity index (χ1v) is 2.69. The smallest absolute Gasteiger partial charge is 0.372 e. The molecule has 0 rings (SSSR count). The van der Waals surface area contributed by atoms with Crippen LogP contribution in [0.25, 0.3) is 0 Å². The number of carbonyl (C=O) groups excluding carboxylic acids is 1. The first-order valence-electron chi connectivity index (χ1n) is 2.03. The maximum Gasteiger partial charge on any atom is 0.372 e. The van der Waals surface area contributed by atoms with Crippen molar-refractivity contribution in [3.05, 3.63) is 0 Å². The molecule has 0 heterocycles. The summed E-state index contributed by atoms with van der Waals surface area (Å²) in [5.74, 6) is 1.02. The highest BCUT2D eigenvalue weighted by molar-refractivity contribution is 7.21. The Hall–Kier alpha value is -0.360. The van der Waals surface area contributed by atoms with Crippen LogP contribution in [0, 0.1) is 0 Å². The van der Waals surface area contributed by atoms with Gasteiger partial charge in [0.05, 0.1) is 15.5 Å². The number of ether oxygens (including phenoxy) is 1. The molecule has 0 aliphatic rings. The molecular weight excluding hydrogens is 111 g/mol. The quantitative estimate of drug-likeness (QED) is 0.384. The van der Waals surface area contributed by atoms with Gasteiger partial charge in [-0.25, -0.2) is 4.79 Å². The van der Waals surface area contributed by atoms with Gasteiger partial charge in [-0.15, -0.1) is 0 Å². The fourth-order valence-electron chi connectivity index (χ4n) is 0.190. The Balaban J connectivity index is 3.17. The van der Waals surface area contributed by atoms with E-state index in [-0.39, 0.29) is 5.97 Å². The van der Waals surface area contributed by atoms with Crippen LogP contribution in [0.2, 0.25) is 0 Å². The van der Waals surface area contributed by atoms with Crippen molar-refractivity contribution in [3.8, 4) is 0 Å². The highest BCUT2D eigenvalue weighted by Crippen LogP contribution is 1.71. The minimum absolute atomic E-state index is 0.285. The van der Waals surface area contributed by atoms with Crippen LogP contribution in [0.5, 0.6) is 0 Å². The van der Waals surface area contributed by atoms with Crippen LogP contribution in [0.15, 0.2) is 0 Å². The Morgan fingerprint density at radius 3 is 2.71 bits per heavy atom. The standard InChI is InChI=1S/C4H7O2P/c1-2-6-4(5)3-7/h3,7H,2H2,1H3/p+1. The van der Waals surface area contributed by atoms with Crippen molar-refractivity contribution in [2.24, 2.45) is 0 Å². The van der Waals surface area contributed by atoms with E-state index in [1.54, 1.807) is 6.92 Å². The fourth-order valence-corrected chi connectivity index (χ4v) is 0.287. The van der Waals surface area contributed by atoms with E-state index in [1.807, 2.05) is 0 Å². The lowest BCUT2D eigenvalue weighted by atomic mass is 10.8. The monoisotopic (exact) mass is 119 g/mol. The molecule has 3 heteroatoms. The molecule has 0 fully saturated rings. The first-order chi connectivity index (χ1) is 3.31. The normalized spacial score (nSPS) is 7.57. The van der Waals surface area contributed by atoms with E-state index in [4.69, 9.17) is 0 Å². The number of hydrogen-bond donors (Lipinski definition) is 0. The fraction of sp³-hybridized carbons (Fsp3) is 0.500. The lowest BCUT2D eigenvalue weighted by molar-refractivity contribution is -0.134. The van der Waals surface area contributed by atoms with Gasteiger partial charge in [0.15, 0.2) is 5.80 Å². The van der Waals surface area contributed by atoms with Crippen LogP contribution in [-0.2, 0) is 9.53 Å². The third kappa shape index (κ3) is 3.47. The number of esters is 1. The molecule has 0 aromatic heterocycles. The molecule has 0 aliphatic carbocycles. The molecule has 0 radical (unpaired) electrons. The van der Waals surface area contributed by atoms with Gasteiger partial charge in [-0.2, -0.15) is 0 Å². The zero-order chi connectivity index (χ0) is 5.70. The molecule has 0 N–H and O–H groups in total. The van der Waals surface area contributed by atoms with Crippen LogP contribution in [-0.4, -0.2) is 18.4 Å². The third-order valence-corrected chi connectivity index (χ3v) is 0.695. The van der Waals surface area contributed by atoms with Crippen molar-refractivity contribution in [1.82, 2.24) is 0 Å². The predicted octanol–water partition coefficient (Wildman–Crippen LogP) is 0.227. The SMILES string of the molecule is CCOC(=O)C=[PH2+]. The molecule has 40 valence electrons. The summed E-state index contributed by atoms with van der Waals surface area (Å²) in [5, 5.41) is 0. The van der Waals surface area contributed by atoms with E-state index >= 15 is 0 Å². The summed E-state index contributed by atoms with van der Waals surface area (Å²) in [6.07, 6.45) is 0. The zero-order valence-electron chi connectivity index (χ0n) is 4.18. The summed E-state index contributed by atoms with van der Waals surface area (Å²) in [5.41, 5.74) is 0. The summed E-state index contributed by atoms with van der Waals surface area (Å²) in [4.78, 5) is 10.1. The molecule has 0 amide bonds. The van der Waals surface area contributed by atoms with Gasteiger partial charge in [0, 0.05) is 0 Å². The van der Waals surface area contributed by atoms with Crippen LogP contribution in [0.1, 0.15) is 6.92 Å². The van der Waals surface area contributed by atoms with Crippen molar-refractivity contribution in [2.75, 3.05) is 6.61 Å². The molecule has 0 saturated carbocycles. The maximum atomic E-state index is 10.1. The van der Waals surface area contributed by atoms with E-state index in [9.17, 15) is 4.79 Å². The van der Waals surface area contributed by atoms with Crippen molar-refractivity contribution < 1.29 is 9.53 Å². The van der Waals surface area contributed by atoms with Crippen molar-refractivity contribution in [3.63, 3.8) is 0 Å². The van der Waals surface area contributed by atoms with Crippen molar-refractivity contribution in [2.45, 2.75) is 6.92 Å². The highest BCUT2D eigenvalue weighted by atomic mass is 31.0. The molecule has 0 bridgehead atoms. The minimum atomic E-state index is -0.285. The Labute approximate surface area is 44.7 Å². The van der Waals surface area contributed by atoms with E-state index in [0.717, 1.165) is 0 Å². The molecular formula is C4H8O2P+. The van der Waals surface area contributed by atoms with Gasteiger partial charge in [-0.1, -0.05) is 0 Å². The topological polar surface area (TPSA) is 26.3 Å². The Morgan fingerprint density at radius 1 is 2.00 bits per heavy atom. The lowest BCUT2D eigenvalue weighted by Crippen LogP contribution is -2.01. The van der Waals surface area contributed by atoms with Gasteiger partial charge < -0.3 is 4.74 Å². The predicted molar refractivity (Wildman–Crippen MR) is 32.4 cm³/mol. The molecule has 7 heavy (non-hydrogen) atoms. The van der Waals surface area contributed by atoms with E-state index in [2.05, 4.69) is 13.6 Å². The summed E-state index contributed by atoms with van der Waals surface area (Å²) in [6.45, 7) is 2.22. The Bertz CT molecular complexity index is 79.8. The maximum absolute atomic E-state index is 10.1. The van der Waals surface area contributed by atoms with Gasteiger partial charge in [-0.3, -0.25) is 0 Å². The average Bonchev–Trinajstić information content (AvgIpc) is 1.68. The molecule has 0 spiro atoms. The molecule has 1 atom stereocenters. The average molecular weight is 119 g/mol. The van der Waals surface area contributed by atoms with Crippen molar-refractivity contribution >= 4 is 20.6 Å². The molecule has 0 aromatic carbocycles. The van der Waals surface area contributed by atoms with Crippen LogP contribution >= 0.6 is 8.86 Å². The summed E-state index contributed by atoms with van der Waals surface area (Å²) in [6, 6.07) is 0. The van der Waals surface area contributed by atoms with Gasteiger partial charge in [0.1, 0.15) is 0 Å². The van der Waals surface area contributed by atoms with Crippen LogP contribution < -0.4 is 0 Å². The molecule has 2 nitrogen and oxygen atoms in total. The first kappa shape index (κ1) is 6.64. The lowest BCUT2D eigenvalue weighted by Gasteiger charge is -1.88. The second kappa shape index (κ2) is 3.82. The van der Waals surface area contributed by atoms with E-state index < -0.39 is 0 Å². The number of hydrogen-bond acceptors (Lipinski definition) is 2. The largest absolute Gasteiger partial charge is 0.460 e. The second-order valence-electron chi connectivity index (χ2n) is 0.919. The third-order valence-electron chi connectivity index (χ3n) is 0.423. The summed E-state index contributed by atoms with van der Waals surface area (Å²) in [7, 11) is 2.17.